The Kier molecular flexibility index (Phi) is 3.78. The molecule has 0 aliphatic heterocycles. The Morgan fingerprint density at radius 1 is 1.16 bits per heavy atom. The lowest BCUT2D eigenvalue weighted by atomic mass is 10.2. The van der Waals surface area contributed by atoms with Gasteiger partial charge in [0, 0.05) is 12.1 Å². The van der Waals surface area contributed by atoms with Gasteiger partial charge in [-0.05, 0) is 12.1 Å². The average Bonchev–Trinajstić information content (AvgIpc) is 2.48. The van der Waals surface area contributed by atoms with E-state index >= 15 is 0 Å². The molecule has 0 atom stereocenters. The molecule has 1 aromatic heterocycles. The maximum atomic E-state index is 8.79. The second kappa shape index (κ2) is 5.69. The number of nitrogens with one attached hydrogen (secondary N) is 1. The largest absolute Gasteiger partial charge is 0.497 e. The number of benzene rings is 1. The molecule has 0 bridgehead atoms. The molecule has 2 rings (SSSR count). The Hall–Kier alpha value is -2.81. The number of nitrogens with zero attached hydrogens (tertiary/aromatic N) is 3. The summed E-state index contributed by atoms with van der Waals surface area (Å²) in [5.74, 6) is 1.84. The molecular weight excluding hydrogens is 244 g/mol. The number of anilines is 2. The van der Waals surface area contributed by atoms with Crippen molar-refractivity contribution in [3.8, 4) is 17.6 Å². The lowest BCUT2D eigenvalue weighted by molar-refractivity contribution is 0.395. The van der Waals surface area contributed by atoms with E-state index in [1.165, 1.54) is 6.33 Å². The standard InChI is InChI=1S/C13H12N4O2/c1-18-10-3-4-11(12(6-10)19-2)17-13-5-9(7-14)15-8-16-13/h3-6,8H,1-2H3,(H,15,16,17). The van der Waals surface area contributed by atoms with Gasteiger partial charge in [-0.2, -0.15) is 5.26 Å². The summed E-state index contributed by atoms with van der Waals surface area (Å²) in [7, 11) is 3.16. The van der Waals surface area contributed by atoms with Gasteiger partial charge in [0.2, 0.25) is 0 Å². The third-order valence-electron chi connectivity index (χ3n) is 2.45. The first-order valence-corrected chi connectivity index (χ1v) is 5.48. The Balaban J connectivity index is 2.30. The fourth-order valence-corrected chi connectivity index (χ4v) is 1.53. The van der Waals surface area contributed by atoms with E-state index in [0.717, 1.165) is 5.69 Å². The van der Waals surface area contributed by atoms with Gasteiger partial charge in [0.05, 0.1) is 19.9 Å². The van der Waals surface area contributed by atoms with Crippen LogP contribution in [0.3, 0.4) is 0 Å². The van der Waals surface area contributed by atoms with Gasteiger partial charge in [0.25, 0.3) is 0 Å². The van der Waals surface area contributed by atoms with Gasteiger partial charge in [0.15, 0.2) is 0 Å². The first-order valence-electron chi connectivity index (χ1n) is 5.48. The first-order chi connectivity index (χ1) is 9.26. The number of hydrogen-bond acceptors (Lipinski definition) is 6. The summed E-state index contributed by atoms with van der Waals surface area (Å²) in [5.41, 5.74) is 1.02. The van der Waals surface area contributed by atoms with Gasteiger partial charge in [-0.1, -0.05) is 0 Å². The smallest absolute Gasteiger partial charge is 0.146 e. The van der Waals surface area contributed by atoms with E-state index in [1.807, 2.05) is 12.1 Å². The summed E-state index contributed by atoms with van der Waals surface area (Å²) in [6.45, 7) is 0. The van der Waals surface area contributed by atoms with Crippen LogP contribution >= 0.6 is 0 Å². The predicted molar refractivity (Wildman–Crippen MR) is 69.6 cm³/mol. The first kappa shape index (κ1) is 12.6. The van der Waals surface area contributed by atoms with E-state index < -0.39 is 0 Å². The van der Waals surface area contributed by atoms with Crippen LogP contribution in [-0.2, 0) is 0 Å². The van der Waals surface area contributed by atoms with Crippen molar-refractivity contribution in [3.63, 3.8) is 0 Å². The highest BCUT2D eigenvalue weighted by Crippen LogP contribution is 2.30. The molecular formula is C13H12N4O2. The van der Waals surface area contributed by atoms with Crippen molar-refractivity contribution in [1.29, 1.82) is 5.26 Å². The summed E-state index contributed by atoms with van der Waals surface area (Å²) in [6.07, 6.45) is 1.33. The predicted octanol–water partition coefficient (Wildman–Crippen LogP) is 2.11. The highest BCUT2D eigenvalue weighted by Gasteiger charge is 2.06. The van der Waals surface area contributed by atoms with Crippen molar-refractivity contribution in [1.82, 2.24) is 9.97 Å². The highest BCUT2D eigenvalue weighted by molar-refractivity contribution is 5.66. The minimum Gasteiger partial charge on any atom is -0.497 e. The molecule has 0 aliphatic carbocycles. The van der Waals surface area contributed by atoms with Crippen LogP contribution in [-0.4, -0.2) is 24.2 Å². The number of ether oxygens (including phenoxy) is 2. The minimum absolute atomic E-state index is 0.296. The Labute approximate surface area is 110 Å². The monoisotopic (exact) mass is 256 g/mol. The van der Waals surface area contributed by atoms with E-state index in [2.05, 4.69) is 15.3 Å². The maximum Gasteiger partial charge on any atom is 0.146 e. The van der Waals surface area contributed by atoms with Crippen LogP contribution in [0.5, 0.6) is 11.5 Å². The molecule has 6 heteroatoms. The quantitative estimate of drug-likeness (QED) is 0.902. The van der Waals surface area contributed by atoms with Crippen LogP contribution in [0.25, 0.3) is 0 Å². The van der Waals surface area contributed by atoms with E-state index in [9.17, 15) is 0 Å². The molecule has 0 unspecified atom stereocenters. The normalized spacial score (nSPS) is 9.53. The average molecular weight is 256 g/mol. The van der Waals surface area contributed by atoms with Crippen LogP contribution in [0.2, 0.25) is 0 Å². The lowest BCUT2D eigenvalue weighted by Crippen LogP contribution is -1.98. The number of methoxy groups -OCH3 is 2. The Bertz CT molecular complexity index is 622. The van der Waals surface area contributed by atoms with Crippen molar-refractivity contribution >= 4 is 11.5 Å². The Morgan fingerprint density at radius 2 is 2.00 bits per heavy atom. The van der Waals surface area contributed by atoms with Gasteiger partial charge in [-0.15, -0.1) is 0 Å². The van der Waals surface area contributed by atoms with Crippen molar-refractivity contribution in [3.05, 3.63) is 36.3 Å². The van der Waals surface area contributed by atoms with Gasteiger partial charge in [-0.3, -0.25) is 0 Å². The molecule has 0 aliphatic rings. The summed E-state index contributed by atoms with van der Waals surface area (Å²) >= 11 is 0. The molecule has 0 amide bonds. The fraction of sp³-hybridized carbons (Fsp3) is 0.154. The van der Waals surface area contributed by atoms with Crippen LogP contribution in [0.15, 0.2) is 30.6 Å². The zero-order valence-electron chi connectivity index (χ0n) is 10.5. The molecule has 0 saturated heterocycles. The second-order valence-corrected chi connectivity index (χ2v) is 3.59. The van der Waals surface area contributed by atoms with Crippen molar-refractivity contribution < 1.29 is 9.47 Å². The Morgan fingerprint density at radius 3 is 2.68 bits per heavy atom. The van der Waals surface area contributed by atoms with E-state index in [1.54, 1.807) is 32.4 Å². The number of hydrogen-bond donors (Lipinski definition) is 1. The summed E-state index contributed by atoms with van der Waals surface area (Å²) in [5, 5.41) is 11.9. The third kappa shape index (κ3) is 2.90. The highest BCUT2D eigenvalue weighted by atomic mass is 16.5. The minimum atomic E-state index is 0.296. The van der Waals surface area contributed by atoms with E-state index in [4.69, 9.17) is 14.7 Å². The summed E-state index contributed by atoms with van der Waals surface area (Å²) in [6, 6.07) is 8.89. The molecule has 6 nitrogen and oxygen atoms in total. The molecule has 1 heterocycles. The molecule has 19 heavy (non-hydrogen) atoms. The molecule has 0 radical (unpaired) electrons. The number of aromatic nitrogens is 2. The molecule has 96 valence electrons. The fourth-order valence-electron chi connectivity index (χ4n) is 1.53. The van der Waals surface area contributed by atoms with E-state index in [-0.39, 0.29) is 0 Å². The third-order valence-corrected chi connectivity index (χ3v) is 2.45. The number of rotatable bonds is 4. The zero-order chi connectivity index (χ0) is 13.7. The molecule has 2 aromatic rings. The maximum absolute atomic E-state index is 8.79. The zero-order valence-corrected chi connectivity index (χ0v) is 10.5. The molecule has 0 spiro atoms. The van der Waals surface area contributed by atoms with Crippen molar-refractivity contribution in [2.45, 2.75) is 0 Å². The van der Waals surface area contributed by atoms with Crippen LogP contribution < -0.4 is 14.8 Å². The molecule has 0 saturated carbocycles. The van der Waals surface area contributed by atoms with Crippen molar-refractivity contribution in [2.24, 2.45) is 0 Å². The molecule has 0 fully saturated rings. The van der Waals surface area contributed by atoms with Gasteiger partial charge in [-0.25, -0.2) is 9.97 Å². The SMILES string of the molecule is COc1ccc(Nc2cc(C#N)ncn2)c(OC)c1. The van der Waals surface area contributed by atoms with E-state index in [0.29, 0.717) is 23.0 Å². The second-order valence-electron chi connectivity index (χ2n) is 3.59. The van der Waals surface area contributed by atoms with Crippen LogP contribution in [0.1, 0.15) is 5.69 Å². The van der Waals surface area contributed by atoms with Gasteiger partial charge >= 0.3 is 0 Å². The number of nitriles is 1. The topological polar surface area (TPSA) is 80.1 Å². The summed E-state index contributed by atoms with van der Waals surface area (Å²) in [4.78, 5) is 7.85. The lowest BCUT2D eigenvalue weighted by Gasteiger charge is -2.11. The van der Waals surface area contributed by atoms with Gasteiger partial charge in [0.1, 0.15) is 35.4 Å². The summed E-state index contributed by atoms with van der Waals surface area (Å²) < 4.78 is 10.4. The molecule has 1 N–H and O–H groups in total. The van der Waals surface area contributed by atoms with Crippen LogP contribution in [0.4, 0.5) is 11.5 Å². The van der Waals surface area contributed by atoms with Gasteiger partial charge < -0.3 is 14.8 Å². The van der Waals surface area contributed by atoms with Crippen LogP contribution in [0, 0.1) is 11.3 Å². The van der Waals surface area contributed by atoms with Crippen molar-refractivity contribution in [2.75, 3.05) is 19.5 Å². The molecule has 1 aromatic carbocycles.